The lowest BCUT2D eigenvalue weighted by molar-refractivity contribution is -0.186. The van der Waals surface area contributed by atoms with Crippen molar-refractivity contribution in [1.29, 1.82) is 0 Å². The van der Waals surface area contributed by atoms with Gasteiger partial charge in [0.25, 0.3) is 0 Å². The summed E-state index contributed by atoms with van der Waals surface area (Å²) in [5, 5.41) is 0. The fourth-order valence-corrected chi connectivity index (χ4v) is 6.24. The summed E-state index contributed by atoms with van der Waals surface area (Å²) in [6.07, 6.45) is -12.0. The second-order valence-corrected chi connectivity index (χ2v) is 14.9. The topological polar surface area (TPSA) is 142 Å². The van der Waals surface area contributed by atoms with Crippen molar-refractivity contribution in [2.45, 2.75) is 37.8 Å². The van der Waals surface area contributed by atoms with Crippen LogP contribution in [0.3, 0.4) is 0 Å². The van der Waals surface area contributed by atoms with Crippen LogP contribution in [0.5, 0.6) is 23.0 Å². The molecular formula is C50H38F10N2O8. The van der Waals surface area contributed by atoms with Gasteiger partial charge in [0, 0.05) is 23.5 Å². The molecule has 0 aliphatic heterocycles. The number of nitrogens with two attached hydrogens (primary N) is 2. The highest BCUT2D eigenvalue weighted by Gasteiger charge is 2.36. The van der Waals surface area contributed by atoms with Gasteiger partial charge >= 0.3 is 36.5 Å². The highest BCUT2D eigenvalue weighted by atomic mass is 19.4. The molecule has 0 heterocycles. The molecule has 6 aromatic carbocycles. The van der Waals surface area contributed by atoms with Gasteiger partial charge in [0.2, 0.25) is 0 Å². The minimum Gasteiger partial charge on any atom is -0.484 e. The summed E-state index contributed by atoms with van der Waals surface area (Å²) < 4.78 is 164. The van der Waals surface area contributed by atoms with Gasteiger partial charge in [-0.3, -0.25) is 0 Å². The molecule has 366 valence electrons. The molecule has 0 bridgehead atoms. The second-order valence-electron chi connectivity index (χ2n) is 14.9. The van der Waals surface area contributed by atoms with Crippen molar-refractivity contribution in [1.82, 2.24) is 0 Å². The van der Waals surface area contributed by atoms with Crippen LogP contribution in [-0.4, -0.2) is 37.5 Å². The number of alkyl halides is 10. The quantitative estimate of drug-likeness (QED) is 0.0349. The van der Waals surface area contributed by atoms with Gasteiger partial charge in [0.05, 0.1) is 11.1 Å². The molecule has 0 saturated carbocycles. The number of hydrogen-bond acceptors (Lipinski definition) is 10. The molecule has 0 atom stereocenters. The Labute approximate surface area is 392 Å². The van der Waals surface area contributed by atoms with E-state index in [-0.39, 0.29) is 36.2 Å². The Balaban J connectivity index is 1.02. The number of anilines is 2. The molecule has 0 spiro atoms. The average molecular weight is 985 g/mol. The molecule has 4 N–H and O–H groups in total. The van der Waals surface area contributed by atoms with E-state index < -0.39 is 60.8 Å². The first-order chi connectivity index (χ1) is 33.0. The van der Waals surface area contributed by atoms with Gasteiger partial charge in [-0.05, 0) is 143 Å². The van der Waals surface area contributed by atoms with Crippen molar-refractivity contribution >= 4 is 35.5 Å². The van der Waals surface area contributed by atoms with Crippen molar-refractivity contribution in [2.24, 2.45) is 0 Å². The molecule has 0 aromatic heterocycles. The van der Waals surface area contributed by atoms with Gasteiger partial charge in [-0.25, -0.2) is 9.59 Å². The summed E-state index contributed by atoms with van der Waals surface area (Å²) in [6, 6.07) is 27.5. The molecule has 0 radical (unpaired) electrons. The van der Waals surface area contributed by atoms with Crippen molar-refractivity contribution < 1.29 is 81.9 Å². The minimum atomic E-state index is -4.57. The summed E-state index contributed by atoms with van der Waals surface area (Å²) in [6.45, 7) is -3.65. The average Bonchev–Trinajstić information content (AvgIpc) is 3.30. The van der Waals surface area contributed by atoms with E-state index in [1.54, 1.807) is 36.4 Å². The third-order valence-corrected chi connectivity index (χ3v) is 9.55. The number of hydrogen-bond donors (Lipinski definition) is 2. The van der Waals surface area contributed by atoms with E-state index in [0.717, 1.165) is 84.9 Å². The summed E-state index contributed by atoms with van der Waals surface area (Å²) in [7, 11) is 0. The Hall–Kier alpha value is -8.16. The van der Waals surface area contributed by atoms with E-state index >= 15 is 0 Å². The Morgan fingerprint density at radius 1 is 0.443 bits per heavy atom. The number of halogens is 10. The minimum absolute atomic E-state index is 0.193. The molecular weight excluding hydrogens is 947 g/mol. The zero-order valence-electron chi connectivity index (χ0n) is 36.0. The summed E-state index contributed by atoms with van der Waals surface area (Å²) >= 11 is 0. The predicted molar refractivity (Wildman–Crippen MR) is 236 cm³/mol. The number of nitrogen functional groups attached to an aromatic ring is 2. The monoisotopic (exact) mass is 984 g/mol. The first-order valence-corrected chi connectivity index (χ1v) is 20.4. The van der Waals surface area contributed by atoms with Gasteiger partial charge < -0.3 is 39.9 Å². The van der Waals surface area contributed by atoms with E-state index in [1.807, 2.05) is 0 Å². The van der Waals surface area contributed by atoms with Crippen LogP contribution in [-0.2, 0) is 44.5 Å². The smallest absolute Gasteiger partial charge is 0.426 e. The third kappa shape index (κ3) is 15.4. The molecule has 0 aliphatic carbocycles. The lowest BCUT2D eigenvalue weighted by Crippen LogP contribution is -2.22. The maximum Gasteiger partial charge on any atom is 0.426 e. The van der Waals surface area contributed by atoms with Crippen molar-refractivity contribution in [3.05, 3.63) is 179 Å². The lowest BCUT2D eigenvalue weighted by atomic mass is 9.95. The third-order valence-electron chi connectivity index (χ3n) is 9.55. The standard InChI is InChI=1S/C50H38F10N2O8/c51-47(52,53)29-67-39-13-17-41(18-14-39)69-49(57,58)35-7-1-31(2-8-35)5-23-45(63)65-27-33-25-37(61)11-21-43(33)44-22-12-38(62)26-34(44)28-66-46(64)24-6-32-3-9-36(10-4-32)50(59,60)70-42-19-15-40(16-20-42)68-30-48(54,55)56/h1-26H,27-30,61-62H2/b23-5+,24-6+. The summed E-state index contributed by atoms with van der Waals surface area (Å²) in [5.41, 5.74) is 14.4. The predicted octanol–water partition coefficient (Wildman–Crippen LogP) is 12.2. The van der Waals surface area contributed by atoms with Crippen LogP contribution in [0.1, 0.15) is 33.4 Å². The van der Waals surface area contributed by atoms with E-state index in [2.05, 4.69) is 9.47 Å². The molecule has 6 rings (SSSR count). The number of carbonyl (C=O) groups is 2. The number of ether oxygens (including phenoxy) is 6. The van der Waals surface area contributed by atoms with Crippen LogP contribution in [0.4, 0.5) is 55.3 Å². The molecule has 6 aromatic rings. The maximum absolute atomic E-state index is 14.9. The van der Waals surface area contributed by atoms with E-state index in [1.165, 1.54) is 36.4 Å². The van der Waals surface area contributed by atoms with Gasteiger partial charge in [0.1, 0.15) is 36.2 Å². The fraction of sp³-hybridized carbons (Fsp3) is 0.160. The van der Waals surface area contributed by atoms with Crippen LogP contribution < -0.4 is 30.4 Å². The van der Waals surface area contributed by atoms with E-state index in [4.69, 9.17) is 30.4 Å². The number of rotatable bonds is 19. The Morgan fingerprint density at radius 3 is 1.10 bits per heavy atom. The van der Waals surface area contributed by atoms with Crippen LogP contribution in [0.25, 0.3) is 23.3 Å². The Bertz CT molecular complexity index is 2600. The van der Waals surface area contributed by atoms with Crippen LogP contribution in [0.15, 0.2) is 146 Å². The maximum atomic E-state index is 14.9. The Kier molecular flexibility index (Phi) is 16.0. The van der Waals surface area contributed by atoms with E-state index in [0.29, 0.717) is 44.8 Å². The highest BCUT2D eigenvalue weighted by Crippen LogP contribution is 2.35. The van der Waals surface area contributed by atoms with Crippen LogP contribution in [0, 0.1) is 0 Å². The second kappa shape index (κ2) is 21.9. The van der Waals surface area contributed by atoms with Gasteiger partial charge in [-0.1, -0.05) is 36.4 Å². The first-order valence-electron chi connectivity index (χ1n) is 20.4. The van der Waals surface area contributed by atoms with Crippen LogP contribution >= 0.6 is 0 Å². The molecule has 0 unspecified atom stereocenters. The normalized spacial score (nSPS) is 12.2. The summed E-state index contributed by atoms with van der Waals surface area (Å²) in [4.78, 5) is 25.6. The summed E-state index contributed by atoms with van der Waals surface area (Å²) in [5.74, 6) is -2.64. The van der Waals surface area contributed by atoms with Gasteiger partial charge in [-0.15, -0.1) is 0 Å². The van der Waals surface area contributed by atoms with Gasteiger partial charge in [0.15, 0.2) is 13.2 Å². The first kappa shape index (κ1) is 51.2. The highest BCUT2D eigenvalue weighted by molar-refractivity contribution is 5.88. The molecule has 20 heteroatoms. The number of carbonyl (C=O) groups excluding carboxylic acids is 2. The largest absolute Gasteiger partial charge is 0.484 e. The van der Waals surface area contributed by atoms with Crippen molar-refractivity contribution in [3.8, 4) is 34.1 Å². The molecule has 0 aliphatic rings. The van der Waals surface area contributed by atoms with Crippen molar-refractivity contribution in [3.63, 3.8) is 0 Å². The zero-order chi connectivity index (χ0) is 50.7. The van der Waals surface area contributed by atoms with Crippen LogP contribution in [0.2, 0.25) is 0 Å². The SMILES string of the molecule is Nc1ccc(-c2ccc(N)cc2COC(=O)/C=C/c2ccc(C(F)(F)Oc3ccc(OCC(F)(F)F)cc3)cc2)c(COC(=O)/C=C/c2ccc(C(F)(F)Oc3ccc(OCC(F)(F)F)cc3)cc2)c1. The fourth-order valence-electron chi connectivity index (χ4n) is 6.24. The molecule has 0 fully saturated rings. The van der Waals surface area contributed by atoms with Crippen molar-refractivity contribution in [2.75, 3.05) is 24.7 Å². The molecule has 0 saturated heterocycles. The molecule has 0 amide bonds. The molecule has 70 heavy (non-hydrogen) atoms. The Morgan fingerprint density at radius 2 is 0.771 bits per heavy atom. The van der Waals surface area contributed by atoms with E-state index in [9.17, 15) is 53.5 Å². The van der Waals surface area contributed by atoms with Gasteiger partial charge in [-0.2, -0.15) is 43.9 Å². The molecule has 10 nitrogen and oxygen atoms in total. The lowest BCUT2D eigenvalue weighted by Gasteiger charge is -2.18. The zero-order valence-corrected chi connectivity index (χ0v) is 36.0. The number of esters is 2. The number of benzene rings is 6.